The second-order valence-corrected chi connectivity index (χ2v) is 5.36. The molecule has 1 fully saturated rings. The van der Waals surface area contributed by atoms with Crippen LogP contribution in [-0.4, -0.2) is 47.8 Å². The number of aliphatic hydroxyl groups is 1. The Morgan fingerprint density at radius 2 is 2.20 bits per heavy atom. The fraction of sp³-hybridized carbons (Fsp3) is 0.600. The molecule has 1 aliphatic rings. The van der Waals surface area contributed by atoms with Crippen molar-refractivity contribution in [2.24, 2.45) is 5.92 Å². The molecule has 0 unspecified atom stereocenters. The lowest BCUT2D eigenvalue weighted by molar-refractivity contribution is 0.151. The monoisotopic (exact) mass is 274 g/mol. The Bertz CT molecular complexity index is 475. The number of hydrogen-bond acceptors (Lipinski definition) is 5. The lowest BCUT2D eigenvalue weighted by atomic mass is 9.97. The van der Waals surface area contributed by atoms with Gasteiger partial charge in [0.1, 0.15) is 17.6 Å². The molecule has 0 aliphatic carbocycles. The van der Waals surface area contributed by atoms with Crippen molar-refractivity contribution in [2.75, 3.05) is 38.1 Å². The van der Waals surface area contributed by atoms with Gasteiger partial charge < -0.3 is 15.3 Å². The zero-order chi connectivity index (χ0) is 14.4. The lowest BCUT2D eigenvalue weighted by Crippen LogP contribution is -2.37. The van der Waals surface area contributed by atoms with Crippen molar-refractivity contribution in [3.05, 3.63) is 23.4 Å². The van der Waals surface area contributed by atoms with E-state index < -0.39 is 0 Å². The molecular weight excluding hydrogens is 252 g/mol. The average Bonchev–Trinajstić information content (AvgIpc) is 2.48. The maximum Gasteiger partial charge on any atom is 0.145 e. The van der Waals surface area contributed by atoms with E-state index in [1.807, 2.05) is 19.1 Å². The molecule has 5 heteroatoms. The minimum Gasteiger partial charge on any atom is -0.395 e. The zero-order valence-electron chi connectivity index (χ0n) is 12.0. The van der Waals surface area contributed by atoms with E-state index in [2.05, 4.69) is 21.3 Å². The number of pyridine rings is 1. The summed E-state index contributed by atoms with van der Waals surface area (Å²) in [5, 5.41) is 21.2. The van der Waals surface area contributed by atoms with Crippen molar-refractivity contribution < 1.29 is 5.11 Å². The van der Waals surface area contributed by atoms with Crippen LogP contribution in [0.2, 0.25) is 0 Å². The van der Waals surface area contributed by atoms with Crippen LogP contribution in [-0.2, 0) is 0 Å². The molecule has 0 amide bonds. The van der Waals surface area contributed by atoms with Crippen LogP contribution in [0.3, 0.4) is 0 Å². The van der Waals surface area contributed by atoms with Crippen LogP contribution in [0.1, 0.15) is 24.1 Å². The SMILES string of the molecule is Cc1ccc(NCC2CCN(CCO)CC2)nc1C#N. The first-order valence-electron chi connectivity index (χ1n) is 7.17. The summed E-state index contributed by atoms with van der Waals surface area (Å²) in [5.41, 5.74) is 1.41. The van der Waals surface area contributed by atoms with Crippen LogP contribution in [0.5, 0.6) is 0 Å². The molecule has 2 heterocycles. The third-order valence-electron chi connectivity index (χ3n) is 3.90. The Kier molecular flexibility index (Phi) is 5.33. The van der Waals surface area contributed by atoms with Gasteiger partial charge in [0.05, 0.1) is 6.61 Å². The predicted molar refractivity (Wildman–Crippen MR) is 78.4 cm³/mol. The Morgan fingerprint density at radius 1 is 1.45 bits per heavy atom. The molecule has 5 nitrogen and oxygen atoms in total. The van der Waals surface area contributed by atoms with Gasteiger partial charge in [-0.25, -0.2) is 4.98 Å². The maximum absolute atomic E-state index is 8.97. The molecule has 1 saturated heterocycles. The van der Waals surface area contributed by atoms with Gasteiger partial charge in [-0.15, -0.1) is 0 Å². The lowest BCUT2D eigenvalue weighted by Gasteiger charge is -2.31. The number of aromatic nitrogens is 1. The molecule has 1 aromatic heterocycles. The fourth-order valence-electron chi connectivity index (χ4n) is 2.54. The number of nitriles is 1. The van der Waals surface area contributed by atoms with Crippen molar-refractivity contribution in [1.29, 1.82) is 5.26 Å². The van der Waals surface area contributed by atoms with Gasteiger partial charge in [0, 0.05) is 13.1 Å². The van der Waals surface area contributed by atoms with Crippen molar-refractivity contribution >= 4 is 5.82 Å². The van der Waals surface area contributed by atoms with E-state index in [0.717, 1.165) is 50.4 Å². The molecule has 108 valence electrons. The number of rotatable bonds is 5. The molecule has 1 aromatic rings. The number of aryl methyl sites for hydroxylation is 1. The molecular formula is C15H22N4O. The third kappa shape index (κ3) is 3.92. The van der Waals surface area contributed by atoms with Crippen LogP contribution < -0.4 is 5.32 Å². The highest BCUT2D eigenvalue weighted by molar-refractivity contribution is 5.42. The molecule has 20 heavy (non-hydrogen) atoms. The van der Waals surface area contributed by atoms with Crippen LogP contribution in [0.25, 0.3) is 0 Å². The first-order chi connectivity index (χ1) is 9.72. The van der Waals surface area contributed by atoms with Crippen LogP contribution in [0.4, 0.5) is 5.82 Å². The molecule has 0 spiro atoms. The first-order valence-corrected chi connectivity index (χ1v) is 7.17. The summed E-state index contributed by atoms with van der Waals surface area (Å²) in [4.78, 5) is 6.60. The normalized spacial score (nSPS) is 16.9. The Balaban J connectivity index is 1.80. The van der Waals surface area contributed by atoms with Crippen LogP contribution >= 0.6 is 0 Å². The quantitative estimate of drug-likeness (QED) is 0.848. The van der Waals surface area contributed by atoms with E-state index in [9.17, 15) is 0 Å². The van der Waals surface area contributed by atoms with Gasteiger partial charge in [-0.05, 0) is 50.4 Å². The summed E-state index contributed by atoms with van der Waals surface area (Å²) < 4.78 is 0. The number of hydrogen-bond donors (Lipinski definition) is 2. The number of anilines is 1. The smallest absolute Gasteiger partial charge is 0.145 e. The number of likely N-dealkylation sites (tertiary alicyclic amines) is 1. The largest absolute Gasteiger partial charge is 0.395 e. The molecule has 1 aliphatic heterocycles. The fourth-order valence-corrected chi connectivity index (χ4v) is 2.54. The number of nitrogens with one attached hydrogen (secondary N) is 1. The Hall–Kier alpha value is -1.64. The molecule has 0 saturated carbocycles. The van der Waals surface area contributed by atoms with Gasteiger partial charge in [0.2, 0.25) is 0 Å². The second kappa shape index (κ2) is 7.22. The third-order valence-corrected chi connectivity index (χ3v) is 3.90. The first kappa shape index (κ1) is 14.8. The summed E-state index contributed by atoms with van der Waals surface area (Å²) in [7, 11) is 0. The van der Waals surface area contributed by atoms with Crippen molar-refractivity contribution in [2.45, 2.75) is 19.8 Å². The van der Waals surface area contributed by atoms with E-state index >= 15 is 0 Å². The molecule has 0 radical (unpaired) electrons. The summed E-state index contributed by atoms with van der Waals surface area (Å²) >= 11 is 0. The predicted octanol–water partition coefficient (Wildman–Crippen LogP) is 1.38. The molecule has 0 bridgehead atoms. The summed E-state index contributed by atoms with van der Waals surface area (Å²) in [6.45, 7) is 5.92. The standard InChI is InChI=1S/C15H22N4O/c1-12-2-3-15(18-14(12)10-16)17-11-13-4-6-19(7-5-13)8-9-20/h2-3,13,20H,4-9,11H2,1H3,(H,17,18). The maximum atomic E-state index is 8.97. The topological polar surface area (TPSA) is 72.2 Å². The van der Waals surface area contributed by atoms with Crippen molar-refractivity contribution in [3.8, 4) is 6.07 Å². The van der Waals surface area contributed by atoms with Crippen molar-refractivity contribution in [1.82, 2.24) is 9.88 Å². The van der Waals surface area contributed by atoms with E-state index in [1.54, 1.807) is 0 Å². The number of nitrogens with zero attached hydrogens (tertiary/aromatic N) is 3. The Labute approximate surface area is 120 Å². The van der Waals surface area contributed by atoms with Crippen LogP contribution in [0, 0.1) is 24.2 Å². The van der Waals surface area contributed by atoms with E-state index in [4.69, 9.17) is 10.4 Å². The van der Waals surface area contributed by atoms with Gasteiger partial charge in [-0.1, -0.05) is 6.07 Å². The second-order valence-electron chi connectivity index (χ2n) is 5.36. The molecule has 0 atom stereocenters. The number of piperidine rings is 1. The van der Waals surface area contributed by atoms with E-state index in [0.29, 0.717) is 11.6 Å². The molecule has 0 aromatic carbocycles. The number of aliphatic hydroxyl groups excluding tert-OH is 1. The molecule has 2 N–H and O–H groups in total. The van der Waals surface area contributed by atoms with E-state index in [-0.39, 0.29) is 6.61 Å². The van der Waals surface area contributed by atoms with Gasteiger partial charge in [0.15, 0.2) is 0 Å². The van der Waals surface area contributed by atoms with Gasteiger partial charge in [-0.2, -0.15) is 5.26 Å². The highest BCUT2D eigenvalue weighted by Crippen LogP contribution is 2.18. The van der Waals surface area contributed by atoms with Gasteiger partial charge >= 0.3 is 0 Å². The minimum atomic E-state index is 0.243. The number of β-amino-alcohol motifs (C(OH)–C–C–N with tert-alkyl or cyclic N) is 1. The molecule has 2 rings (SSSR count). The van der Waals surface area contributed by atoms with Crippen LogP contribution in [0.15, 0.2) is 12.1 Å². The summed E-state index contributed by atoms with van der Waals surface area (Å²) in [6, 6.07) is 5.97. The average molecular weight is 274 g/mol. The minimum absolute atomic E-state index is 0.243. The van der Waals surface area contributed by atoms with Gasteiger partial charge in [0.25, 0.3) is 0 Å². The van der Waals surface area contributed by atoms with Crippen molar-refractivity contribution in [3.63, 3.8) is 0 Å². The highest BCUT2D eigenvalue weighted by Gasteiger charge is 2.18. The Morgan fingerprint density at radius 3 is 2.85 bits per heavy atom. The van der Waals surface area contributed by atoms with E-state index in [1.165, 1.54) is 0 Å². The summed E-state index contributed by atoms with van der Waals surface area (Å²) in [5.74, 6) is 1.42. The highest BCUT2D eigenvalue weighted by atomic mass is 16.3. The zero-order valence-corrected chi connectivity index (χ0v) is 12.0. The summed E-state index contributed by atoms with van der Waals surface area (Å²) in [6.07, 6.45) is 2.29. The van der Waals surface area contributed by atoms with Gasteiger partial charge in [-0.3, -0.25) is 0 Å².